The first kappa shape index (κ1) is 13.7. The lowest BCUT2D eigenvalue weighted by atomic mass is 9.75. The summed E-state index contributed by atoms with van der Waals surface area (Å²) in [5, 5.41) is 3.74. The van der Waals surface area contributed by atoms with Gasteiger partial charge in [-0.1, -0.05) is 6.92 Å². The Balaban J connectivity index is 1.77. The molecular formula is C17H25NO2. The number of benzene rings is 1. The number of rotatable bonds is 5. The molecule has 3 rings (SSSR count). The van der Waals surface area contributed by atoms with E-state index in [1.165, 1.54) is 36.8 Å². The molecule has 1 aromatic carbocycles. The van der Waals surface area contributed by atoms with Crippen molar-refractivity contribution in [1.82, 2.24) is 5.32 Å². The molecule has 0 saturated heterocycles. The predicted octanol–water partition coefficient (Wildman–Crippen LogP) is 3.44. The third-order valence-electron chi connectivity index (χ3n) is 4.94. The molecule has 0 aromatic heterocycles. The van der Waals surface area contributed by atoms with Gasteiger partial charge in [0.1, 0.15) is 17.6 Å². The highest BCUT2D eigenvalue weighted by atomic mass is 16.5. The SMILES string of the molecule is CCC1(NCc2cc3c(cc2OC)CC(C)O3)CCC1. The first-order valence-electron chi connectivity index (χ1n) is 7.77. The summed E-state index contributed by atoms with van der Waals surface area (Å²) in [4.78, 5) is 0. The summed E-state index contributed by atoms with van der Waals surface area (Å²) >= 11 is 0. The van der Waals surface area contributed by atoms with Crippen LogP contribution in [0.2, 0.25) is 0 Å². The second kappa shape index (κ2) is 5.28. The van der Waals surface area contributed by atoms with Gasteiger partial charge in [0, 0.05) is 29.6 Å². The van der Waals surface area contributed by atoms with E-state index in [4.69, 9.17) is 9.47 Å². The smallest absolute Gasteiger partial charge is 0.123 e. The molecule has 1 aliphatic heterocycles. The number of nitrogens with one attached hydrogen (secondary N) is 1. The Labute approximate surface area is 121 Å². The molecule has 1 aromatic rings. The Bertz CT molecular complexity index is 488. The van der Waals surface area contributed by atoms with Crippen LogP contribution >= 0.6 is 0 Å². The zero-order valence-corrected chi connectivity index (χ0v) is 12.8. The van der Waals surface area contributed by atoms with Gasteiger partial charge in [-0.2, -0.15) is 0 Å². The maximum Gasteiger partial charge on any atom is 0.123 e. The standard InChI is InChI=1S/C17H25NO2/c1-4-17(6-5-7-17)18-11-14-10-16-13(8-12(2)20-16)9-15(14)19-3/h9-10,12,18H,4-8,11H2,1-3H3. The van der Waals surface area contributed by atoms with E-state index in [9.17, 15) is 0 Å². The molecule has 0 spiro atoms. The fourth-order valence-electron chi connectivity index (χ4n) is 3.35. The number of hydrogen-bond acceptors (Lipinski definition) is 3. The first-order chi connectivity index (χ1) is 9.65. The summed E-state index contributed by atoms with van der Waals surface area (Å²) in [6.07, 6.45) is 6.41. The third-order valence-corrected chi connectivity index (χ3v) is 4.94. The molecule has 0 bridgehead atoms. The van der Waals surface area contributed by atoms with Crippen molar-refractivity contribution < 1.29 is 9.47 Å². The van der Waals surface area contributed by atoms with Gasteiger partial charge in [-0.05, 0) is 44.7 Å². The summed E-state index contributed by atoms with van der Waals surface area (Å²) in [6.45, 7) is 5.25. The molecule has 0 radical (unpaired) electrons. The molecule has 1 N–H and O–H groups in total. The molecule has 1 fully saturated rings. The summed E-state index contributed by atoms with van der Waals surface area (Å²) in [5.41, 5.74) is 2.84. The van der Waals surface area contributed by atoms with Gasteiger partial charge in [0.15, 0.2) is 0 Å². The van der Waals surface area contributed by atoms with Crippen LogP contribution in [0.4, 0.5) is 0 Å². The topological polar surface area (TPSA) is 30.5 Å². The highest BCUT2D eigenvalue weighted by Crippen LogP contribution is 2.37. The molecule has 110 valence electrons. The minimum Gasteiger partial charge on any atom is -0.496 e. The van der Waals surface area contributed by atoms with E-state index in [2.05, 4.69) is 31.3 Å². The van der Waals surface area contributed by atoms with E-state index in [1.54, 1.807) is 7.11 Å². The van der Waals surface area contributed by atoms with Crippen LogP contribution in [0.25, 0.3) is 0 Å². The molecule has 1 unspecified atom stereocenters. The van der Waals surface area contributed by atoms with E-state index in [-0.39, 0.29) is 6.10 Å². The molecule has 0 amide bonds. The van der Waals surface area contributed by atoms with E-state index >= 15 is 0 Å². The van der Waals surface area contributed by atoms with Gasteiger partial charge in [0.2, 0.25) is 0 Å². The highest BCUT2D eigenvalue weighted by molar-refractivity contribution is 5.48. The van der Waals surface area contributed by atoms with Gasteiger partial charge in [-0.25, -0.2) is 0 Å². The Hall–Kier alpha value is -1.22. The maximum atomic E-state index is 5.86. The minimum atomic E-state index is 0.284. The van der Waals surface area contributed by atoms with E-state index in [1.807, 2.05) is 0 Å². The largest absolute Gasteiger partial charge is 0.496 e. The molecule has 2 aliphatic rings. The molecule has 3 nitrogen and oxygen atoms in total. The zero-order valence-electron chi connectivity index (χ0n) is 12.8. The summed E-state index contributed by atoms with van der Waals surface area (Å²) in [6, 6.07) is 4.31. The van der Waals surface area contributed by atoms with E-state index < -0.39 is 0 Å². The molecular weight excluding hydrogens is 250 g/mol. The van der Waals surface area contributed by atoms with Crippen molar-refractivity contribution in [3.63, 3.8) is 0 Å². The Kier molecular flexibility index (Phi) is 3.63. The highest BCUT2D eigenvalue weighted by Gasteiger charge is 2.34. The summed E-state index contributed by atoms with van der Waals surface area (Å²) in [7, 11) is 1.75. The van der Waals surface area contributed by atoms with E-state index in [0.717, 1.165) is 24.5 Å². The zero-order chi connectivity index (χ0) is 14.2. The van der Waals surface area contributed by atoms with Crippen molar-refractivity contribution in [3.05, 3.63) is 23.3 Å². The lowest BCUT2D eigenvalue weighted by molar-refractivity contribution is 0.174. The van der Waals surface area contributed by atoms with Crippen molar-refractivity contribution >= 4 is 0 Å². The number of fused-ring (bicyclic) bond motifs is 1. The summed E-state index contributed by atoms with van der Waals surface area (Å²) in [5.74, 6) is 2.02. The van der Waals surface area contributed by atoms with Gasteiger partial charge >= 0.3 is 0 Å². The summed E-state index contributed by atoms with van der Waals surface area (Å²) < 4.78 is 11.4. The first-order valence-corrected chi connectivity index (χ1v) is 7.77. The van der Waals surface area contributed by atoms with Gasteiger partial charge < -0.3 is 14.8 Å². The molecule has 20 heavy (non-hydrogen) atoms. The van der Waals surface area contributed by atoms with Gasteiger partial charge in [0.05, 0.1) is 7.11 Å². The van der Waals surface area contributed by atoms with Crippen molar-refractivity contribution in [2.45, 2.75) is 64.1 Å². The fraction of sp³-hybridized carbons (Fsp3) is 0.647. The van der Waals surface area contributed by atoms with Crippen LogP contribution in [0.5, 0.6) is 11.5 Å². The van der Waals surface area contributed by atoms with Crippen LogP contribution in [0.3, 0.4) is 0 Å². The quantitative estimate of drug-likeness (QED) is 0.893. The number of methoxy groups -OCH3 is 1. The average molecular weight is 275 g/mol. The van der Waals surface area contributed by atoms with Crippen molar-refractivity contribution in [2.75, 3.05) is 7.11 Å². The monoisotopic (exact) mass is 275 g/mol. The molecule has 1 heterocycles. The second-order valence-corrected chi connectivity index (χ2v) is 6.25. The van der Waals surface area contributed by atoms with Crippen LogP contribution in [-0.4, -0.2) is 18.8 Å². The van der Waals surface area contributed by atoms with Gasteiger partial charge in [0.25, 0.3) is 0 Å². The lowest BCUT2D eigenvalue weighted by Crippen LogP contribution is -2.49. The van der Waals surface area contributed by atoms with Crippen LogP contribution in [0, 0.1) is 0 Å². The van der Waals surface area contributed by atoms with Crippen LogP contribution in [0.15, 0.2) is 12.1 Å². The molecule has 1 saturated carbocycles. The van der Waals surface area contributed by atoms with Crippen LogP contribution < -0.4 is 14.8 Å². The molecule has 3 heteroatoms. The van der Waals surface area contributed by atoms with Crippen molar-refractivity contribution in [2.24, 2.45) is 0 Å². The number of hydrogen-bond donors (Lipinski definition) is 1. The third kappa shape index (κ3) is 2.39. The number of ether oxygens (including phenoxy) is 2. The average Bonchev–Trinajstić information content (AvgIpc) is 2.76. The molecule has 1 aliphatic carbocycles. The Morgan fingerprint density at radius 1 is 1.40 bits per heavy atom. The normalized spacial score (nSPS) is 22.9. The van der Waals surface area contributed by atoms with Gasteiger partial charge in [-0.3, -0.25) is 0 Å². The maximum absolute atomic E-state index is 5.86. The second-order valence-electron chi connectivity index (χ2n) is 6.25. The Morgan fingerprint density at radius 2 is 2.20 bits per heavy atom. The Morgan fingerprint density at radius 3 is 2.80 bits per heavy atom. The predicted molar refractivity (Wildman–Crippen MR) is 80.5 cm³/mol. The minimum absolute atomic E-state index is 0.284. The van der Waals surface area contributed by atoms with E-state index in [0.29, 0.717) is 5.54 Å². The van der Waals surface area contributed by atoms with Crippen molar-refractivity contribution in [3.8, 4) is 11.5 Å². The fourth-order valence-corrected chi connectivity index (χ4v) is 3.35. The van der Waals surface area contributed by atoms with Crippen molar-refractivity contribution in [1.29, 1.82) is 0 Å². The van der Waals surface area contributed by atoms with Crippen LogP contribution in [0.1, 0.15) is 50.7 Å². The van der Waals surface area contributed by atoms with Gasteiger partial charge in [-0.15, -0.1) is 0 Å². The van der Waals surface area contributed by atoms with Crippen LogP contribution in [-0.2, 0) is 13.0 Å². The lowest BCUT2D eigenvalue weighted by Gasteiger charge is -2.42. The molecule has 1 atom stereocenters.